The van der Waals surface area contributed by atoms with Crippen molar-refractivity contribution in [1.82, 2.24) is 9.55 Å². The molecule has 1 aliphatic carbocycles. The van der Waals surface area contributed by atoms with E-state index in [4.69, 9.17) is 9.72 Å². The molecule has 0 bridgehead atoms. The van der Waals surface area contributed by atoms with Gasteiger partial charge in [0.25, 0.3) is 5.56 Å². The summed E-state index contributed by atoms with van der Waals surface area (Å²) in [6.07, 6.45) is 7.96. The lowest BCUT2D eigenvalue weighted by Gasteiger charge is -2.16. The maximum atomic E-state index is 13.3. The molecule has 0 amide bonds. The Morgan fingerprint density at radius 3 is 3.00 bits per heavy atom. The van der Waals surface area contributed by atoms with Crippen LogP contribution in [0.4, 0.5) is 0 Å². The fraction of sp³-hybridized carbons (Fsp3) is 0.667. The Kier molecular flexibility index (Phi) is 4.97. The summed E-state index contributed by atoms with van der Waals surface area (Å²) < 4.78 is 7.69. The van der Waals surface area contributed by atoms with Crippen molar-refractivity contribution >= 4 is 33.3 Å². The van der Waals surface area contributed by atoms with E-state index in [1.54, 1.807) is 23.1 Å². The van der Waals surface area contributed by atoms with Gasteiger partial charge in [0, 0.05) is 17.2 Å². The second-order valence-electron chi connectivity index (χ2n) is 6.68. The molecule has 0 unspecified atom stereocenters. The van der Waals surface area contributed by atoms with Gasteiger partial charge in [-0.05, 0) is 50.5 Å². The molecule has 4 nitrogen and oxygen atoms in total. The molecule has 0 radical (unpaired) electrons. The van der Waals surface area contributed by atoms with Crippen molar-refractivity contribution in [2.45, 2.75) is 69.7 Å². The van der Waals surface area contributed by atoms with E-state index in [-0.39, 0.29) is 11.7 Å². The summed E-state index contributed by atoms with van der Waals surface area (Å²) >= 11 is 3.45. The zero-order valence-corrected chi connectivity index (χ0v) is 15.8. The number of ether oxygens (including phenoxy) is 1. The van der Waals surface area contributed by atoms with Gasteiger partial charge in [0.2, 0.25) is 0 Å². The van der Waals surface area contributed by atoms with Crippen LogP contribution in [0.5, 0.6) is 0 Å². The van der Waals surface area contributed by atoms with Gasteiger partial charge in [-0.3, -0.25) is 9.36 Å². The average molecular weight is 365 g/mol. The largest absolute Gasteiger partial charge is 0.376 e. The molecule has 130 valence electrons. The molecular formula is C18H24N2O2S2. The Balaban J connectivity index is 1.82. The molecule has 24 heavy (non-hydrogen) atoms. The van der Waals surface area contributed by atoms with Gasteiger partial charge in [-0.15, -0.1) is 11.3 Å². The Labute approximate surface area is 150 Å². The number of thiophene rings is 1. The molecule has 0 aromatic carbocycles. The Morgan fingerprint density at radius 1 is 1.33 bits per heavy atom. The predicted octanol–water partition coefficient (Wildman–Crippen LogP) is 4.02. The summed E-state index contributed by atoms with van der Waals surface area (Å²) in [4.78, 5) is 20.5. The molecule has 1 aliphatic heterocycles. The zero-order valence-electron chi connectivity index (χ0n) is 14.2. The van der Waals surface area contributed by atoms with E-state index in [0.29, 0.717) is 6.54 Å². The van der Waals surface area contributed by atoms with Gasteiger partial charge in [0.05, 0.1) is 18.0 Å². The first-order valence-electron chi connectivity index (χ1n) is 9.07. The van der Waals surface area contributed by atoms with E-state index >= 15 is 0 Å². The lowest BCUT2D eigenvalue weighted by atomic mass is 9.97. The van der Waals surface area contributed by atoms with Crippen LogP contribution < -0.4 is 5.56 Å². The van der Waals surface area contributed by atoms with Gasteiger partial charge >= 0.3 is 0 Å². The average Bonchev–Trinajstić information content (AvgIpc) is 3.22. The first-order chi connectivity index (χ1) is 11.8. The third kappa shape index (κ3) is 3.04. The minimum absolute atomic E-state index is 0.161. The van der Waals surface area contributed by atoms with Crippen LogP contribution in [-0.2, 0) is 24.1 Å². The molecule has 1 saturated heterocycles. The highest BCUT2D eigenvalue weighted by Gasteiger charge is 2.24. The van der Waals surface area contributed by atoms with Crippen LogP contribution in [0.15, 0.2) is 9.95 Å². The Bertz CT molecular complexity index is 790. The van der Waals surface area contributed by atoms with Gasteiger partial charge in [0.15, 0.2) is 5.16 Å². The van der Waals surface area contributed by atoms with Crippen LogP contribution >= 0.6 is 23.1 Å². The third-order valence-corrected chi connectivity index (χ3v) is 7.25. The summed E-state index contributed by atoms with van der Waals surface area (Å²) in [5.74, 6) is 0.995. The Hall–Kier alpha value is -0.850. The van der Waals surface area contributed by atoms with Gasteiger partial charge in [-0.2, -0.15) is 0 Å². The van der Waals surface area contributed by atoms with Crippen molar-refractivity contribution in [2.75, 3.05) is 12.4 Å². The van der Waals surface area contributed by atoms with Crippen molar-refractivity contribution in [3.63, 3.8) is 0 Å². The number of rotatable bonds is 5. The van der Waals surface area contributed by atoms with E-state index in [1.807, 2.05) is 4.57 Å². The summed E-state index contributed by atoms with van der Waals surface area (Å²) in [6, 6.07) is 0. The second kappa shape index (κ2) is 7.18. The number of nitrogens with zero attached hydrogens (tertiary/aromatic N) is 2. The predicted molar refractivity (Wildman–Crippen MR) is 101 cm³/mol. The molecule has 1 fully saturated rings. The monoisotopic (exact) mass is 364 g/mol. The van der Waals surface area contributed by atoms with Crippen LogP contribution in [0.3, 0.4) is 0 Å². The van der Waals surface area contributed by atoms with E-state index in [2.05, 4.69) is 6.92 Å². The van der Waals surface area contributed by atoms with Crippen LogP contribution in [-0.4, -0.2) is 28.0 Å². The Morgan fingerprint density at radius 2 is 2.21 bits per heavy atom. The van der Waals surface area contributed by atoms with Gasteiger partial charge < -0.3 is 4.74 Å². The molecule has 1 atom stereocenters. The molecule has 0 saturated carbocycles. The number of thioether (sulfide) groups is 1. The standard InChI is InChI=1S/C18H24N2O2S2/c1-2-10-23-18-19-16-15(13-7-3-4-8-14(13)24-16)17(21)20(18)11-12-6-5-9-22-12/h12H,2-11H2,1H3/t12-/m0/s1. The smallest absolute Gasteiger partial charge is 0.263 e. The zero-order chi connectivity index (χ0) is 16.5. The van der Waals surface area contributed by atoms with Crippen molar-refractivity contribution in [3.8, 4) is 0 Å². The summed E-state index contributed by atoms with van der Waals surface area (Å²) in [7, 11) is 0. The first-order valence-corrected chi connectivity index (χ1v) is 10.9. The molecule has 2 aromatic heterocycles. The van der Waals surface area contributed by atoms with Gasteiger partial charge in [-0.25, -0.2) is 4.98 Å². The lowest BCUT2D eigenvalue weighted by molar-refractivity contribution is 0.0937. The van der Waals surface area contributed by atoms with Crippen molar-refractivity contribution in [1.29, 1.82) is 0 Å². The van der Waals surface area contributed by atoms with Gasteiger partial charge in [0.1, 0.15) is 4.83 Å². The first kappa shape index (κ1) is 16.6. The minimum Gasteiger partial charge on any atom is -0.376 e. The number of aromatic nitrogens is 2. The maximum absolute atomic E-state index is 13.3. The maximum Gasteiger partial charge on any atom is 0.263 e. The summed E-state index contributed by atoms with van der Waals surface area (Å²) in [5.41, 5.74) is 1.44. The lowest BCUT2D eigenvalue weighted by Crippen LogP contribution is -2.29. The van der Waals surface area contributed by atoms with Crippen LogP contribution in [0.2, 0.25) is 0 Å². The molecule has 3 heterocycles. The number of hydrogen-bond donors (Lipinski definition) is 0. The fourth-order valence-electron chi connectivity index (χ4n) is 3.68. The van der Waals surface area contributed by atoms with E-state index < -0.39 is 0 Å². The molecule has 0 spiro atoms. The molecule has 2 aromatic rings. The second-order valence-corrected chi connectivity index (χ2v) is 8.83. The molecule has 2 aliphatic rings. The highest BCUT2D eigenvalue weighted by molar-refractivity contribution is 7.99. The van der Waals surface area contributed by atoms with Crippen LogP contribution in [0, 0.1) is 0 Å². The molecule has 6 heteroatoms. The van der Waals surface area contributed by atoms with Crippen molar-refractivity contribution < 1.29 is 4.74 Å². The molecule has 4 rings (SSSR count). The normalized spacial score (nSPS) is 20.6. The third-order valence-electron chi connectivity index (χ3n) is 4.89. The highest BCUT2D eigenvalue weighted by Crippen LogP contribution is 2.35. The fourth-order valence-corrected chi connectivity index (χ4v) is 5.84. The van der Waals surface area contributed by atoms with E-state index in [0.717, 1.165) is 59.8 Å². The van der Waals surface area contributed by atoms with Crippen LogP contribution in [0.1, 0.15) is 49.5 Å². The number of hydrogen-bond acceptors (Lipinski definition) is 5. The van der Waals surface area contributed by atoms with E-state index in [9.17, 15) is 4.79 Å². The van der Waals surface area contributed by atoms with Crippen LogP contribution in [0.25, 0.3) is 10.2 Å². The topological polar surface area (TPSA) is 44.1 Å². The van der Waals surface area contributed by atoms with Crippen molar-refractivity contribution in [3.05, 3.63) is 20.8 Å². The SMILES string of the molecule is CCCSc1nc2sc3c(c2c(=O)n1C[C@@H]1CCCO1)CCCC3. The highest BCUT2D eigenvalue weighted by atomic mass is 32.2. The van der Waals surface area contributed by atoms with Gasteiger partial charge in [-0.1, -0.05) is 18.7 Å². The quantitative estimate of drug-likeness (QED) is 0.594. The number of aryl methyl sites for hydroxylation is 2. The van der Waals surface area contributed by atoms with E-state index in [1.165, 1.54) is 23.3 Å². The number of fused-ring (bicyclic) bond motifs is 3. The van der Waals surface area contributed by atoms with Crippen molar-refractivity contribution in [2.24, 2.45) is 0 Å². The minimum atomic E-state index is 0.161. The molecule has 0 N–H and O–H groups in total. The summed E-state index contributed by atoms with van der Waals surface area (Å²) in [6.45, 7) is 3.64. The molecular weight excluding hydrogens is 340 g/mol. The summed E-state index contributed by atoms with van der Waals surface area (Å²) in [5, 5.41) is 1.77.